The second-order valence-electron chi connectivity index (χ2n) is 4.64. The Morgan fingerprint density at radius 2 is 2.35 bits per heavy atom. The zero-order valence-electron chi connectivity index (χ0n) is 9.83. The molecule has 0 aliphatic carbocycles. The number of furan rings is 1. The number of amides is 1. The number of carbonyl (C=O) groups is 1. The zero-order chi connectivity index (χ0) is 11.8. The SMILES string of the molecule is CN1CCO[C@@H]2CN(C(=O)c3ccco3)C[C@@H]21. The van der Waals surface area contributed by atoms with Crippen LogP contribution in [-0.2, 0) is 4.74 Å². The molecule has 0 N–H and O–H groups in total. The van der Waals surface area contributed by atoms with Gasteiger partial charge in [0.15, 0.2) is 5.76 Å². The number of ether oxygens (including phenoxy) is 1. The average Bonchev–Trinajstić information content (AvgIpc) is 2.98. The van der Waals surface area contributed by atoms with Crippen molar-refractivity contribution in [1.29, 1.82) is 0 Å². The van der Waals surface area contributed by atoms with Crippen LogP contribution in [0.1, 0.15) is 10.6 Å². The monoisotopic (exact) mass is 236 g/mol. The van der Waals surface area contributed by atoms with Crippen molar-refractivity contribution in [1.82, 2.24) is 9.80 Å². The molecule has 0 radical (unpaired) electrons. The van der Waals surface area contributed by atoms with E-state index in [0.717, 1.165) is 19.7 Å². The first-order valence-corrected chi connectivity index (χ1v) is 5.90. The van der Waals surface area contributed by atoms with E-state index in [0.29, 0.717) is 18.3 Å². The molecular weight excluding hydrogens is 220 g/mol. The summed E-state index contributed by atoms with van der Waals surface area (Å²) < 4.78 is 10.8. The maximum absolute atomic E-state index is 12.1. The topological polar surface area (TPSA) is 45.9 Å². The lowest BCUT2D eigenvalue weighted by Gasteiger charge is -2.33. The molecule has 3 rings (SSSR count). The summed E-state index contributed by atoms with van der Waals surface area (Å²) in [6.45, 7) is 3.07. The summed E-state index contributed by atoms with van der Waals surface area (Å²) in [7, 11) is 2.08. The van der Waals surface area contributed by atoms with E-state index in [2.05, 4.69) is 11.9 Å². The Balaban J connectivity index is 1.73. The quantitative estimate of drug-likeness (QED) is 0.709. The fourth-order valence-corrected chi connectivity index (χ4v) is 2.58. The minimum atomic E-state index is -0.0404. The summed E-state index contributed by atoms with van der Waals surface area (Å²) in [5, 5.41) is 0. The van der Waals surface area contributed by atoms with E-state index >= 15 is 0 Å². The maximum Gasteiger partial charge on any atom is 0.289 e. The third-order valence-electron chi connectivity index (χ3n) is 3.60. The van der Waals surface area contributed by atoms with Crippen molar-refractivity contribution in [3.63, 3.8) is 0 Å². The molecule has 5 heteroatoms. The van der Waals surface area contributed by atoms with Gasteiger partial charge in [0.05, 0.1) is 25.0 Å². The largest absolute Gasteiger partial charge is 0.459 e. The van der Waals surface area contributed by atoms with Crippen LogP contribution in [0, 0.1) is 0 Å². The van der Waals surface area contributed by atoms with Gasteiger partial charge in [-0.1, -0.05) is 0 Å². The molecule has 1 amide bonds. The lowest BCUT2D eigenvalue weighted by molar-refractivity contribution is -0.0368. The average molecular weight is 236 g/mol. The van der Waals surface area contributed by atoms with Gasteiger partial charge in [0, 0.05) is 19.6 Å². The van der Waals surface area contributed by atoms with Gasteiger partial charge in [0.2, 0.25) is 0 Å². The summed E-state index contributed by atoms with van der Waals surface area (Å²) in [4.78, 5) is 16.2. The molecule has 5 nitrogen and oxygen atoms in total. The molecule has 17 heavy (non-hydrogen) atoms. The van der Waals surface area contributed by atoms with Crippen LogP contribution in [0.5, 0.6) is 0 Å². The molecule has 0 unspecified atom stereocenters. The predicted octanol–water partition coefficient (Wildman–Crippen LogP) is 0.435. The fourth-order valence-electron chi connectivity index (χ4n) is 2.58. The number of carbonyl (C=O) groups excluding carboxylic acids is 1. The lowest BCUT2D eigenvalue weighted by atomic mass is 10.1. The van der Waals surface area contributed by atoms with Crippen molar-refractivity contribution >= 4 is 5.91 Å². The van der Waals surface area contributed by atoms with Crippen LogP contribution in [-0.4, -0.2) is 61.1 Å². The highest BCUT2D eigenvalue weighted by Crippen LogP contribution is 2.23. The van der Waals surface area contributed by atoms with Gasteiger partial charge >= 0.3 is 0 Å². The van der Waals surface area contributed by atoms with E-state index in [-0.39, 0.29) is 12.0 Å². The second-order valence-corrected chi connectivity index (χ2v) is 4.64. The molecule has 92 valence electrons. The number of nitrogens with zero attached hydrogens (tertiary/aromatic N) is 2. The minimum Gasteiger partial charge on any atom is -0.459 e. The molecule has 2 aliphatic rings. The standard InChI is InChI=1S/C12H16N2O3/c1-13-4-6-17-11-8-14(7-9(11)13)12(15)10-3-2-5-16-10/h2-3,5,9,11H,4,6-8H2,1H3/t9-,11+/m0/s1. The van der Waals surface area contributed by atoms with Crippen LogP contribution in [0.25, 0.3) is 0 Å². The molecule has 2 saturated heterocycles. The Bertz CT molecular complexity index is 404. The minimum absolute atomic E-state index is 0.0404. The van der Waals surface area contributed by atoms with Crippen molar-refractivity contribution in [3.05, 3.63) is 24.2 Å². The lowest BCUT2D eigenvalue weighted by Crippen LogP contribution is -2.48. The molecule has 0 aromatic carbocycles. The third-order valence-corrected chi connectivity index (χ3v) is 3.60. The summed E-state index contributed by atoms with van der Waals surface area (Å²) in [6, 6.07) is 3.76. The van der Waals surface area contributed by atoms with Crippen molar-refractivity contribution < 1.29 is 13.9 Å². The van der Waals surface area contributed by atoms with Crippen LogP contribution in [0.4, 0.5) is 0 Å². The smallest absolute Gasteiger partial charge is 0.289 e. The van der Waals surface area contributed by atoms with Crippen LogP contribution >= 0.6 is 0 Å². The van der Waals surface area contributed by atoms with E-state index in [1.54, 1.807) is 12.1 Å². The van der Waals surface area contributed by atoms with E-state index in [4.69, 9.17) is 9.15 Å². The summed E-state index contributed by atoms with van der Waals surface area (Å²) in [5.74, 6) is 0.368. The van der Waals surface area contributed by atoms with Gasteiger partial charge < -0.3 is 14.1 Å². The van der Waals surface area contributed by atoms with Gasteiger partial charge in [-0.05, 0) is 19.2 Å². The van der Waals surface area contributed by atoms with Gasteiger partial charge in [-0.2, -0.15) is 0 Å². The van der Waals surface area contributed by atoms with Gasteiger partial charge in [-0.25, -0.2) is 0 Å². The van der Waals surface area contributed by atoms with Gasteiger partial charge in [-0.15, -0.1) is 0 Å². The van der Waals surface area contributed by atoms with E-state index < -0.39 is 0 Å². The number of hydrogen-bond acceptors (Lipinski definition) is 4. The molecule has 2 fully saturated rings. The van der Waals surface area contributed by atoms with E-state index in [1.807, 2.05) is 4.90 Å². The van der Waals surface area contributed by atoms with Crippen LogP contribution < -0.4 is 0 Å². The van der Waals surface area contributed by atoms with Crippen molar-refractivity contribution in [2.24, 2.45) is 0 Å². The van der Waals surface area contributed by atoms with Crippen LogP contribution in [0.3, 0.4) is 0 Å². The molecular formula is C12H16N2O3. The maximum atomic E-state index is 12.1. The van der Waals surface area contributed by atoms with Crippen LogP contribution in [0.15, 0.2) is 22.8 Å². The first kappa shape index (κ1) is 10.8. The molecule has 1 aromatic rings. The highest BCUT2D eigenvalue weighted by Gasteiger charge is 2.40. The normalized spacial score (nSPS) is 29.4. The zero-order valence-corrected chi connectivity index (χ0v) is 9.83. The van der Waals surface area contributed by atoms with Crippen molar-refractivity contribution in [2.45, 2.75) is 12.1 Å². The Morgan fingerprint density at radius 3 is 3.06 bits per heavy atom. The summed E-state index contributed by atoms with van der Waals surface area (Å²) in [5.41, 5.74) is 0. The number of fused-ring (bicyclic) bond motifs is 1. The van der Waals surface area contributed by atoms with Gasteiger partial charge in [-0.3, -0.25) is 9.69 Å². The summed E-state index contributed by atoms with van der Waals surface area (Å²) >= 11 is 0. The number of rotatable bonds is 1. The molecule has 3 heterocycles. The van der Waals surface area contributed by atoms with Gasteiger partial charge in [0.25, 0.3) is 5.91 Å². The number of hydrogen-bond donors (Lipinski definition) is 0. The number of likely N-dealkylation sites (N-methyl/N-ethyl adjacent to an activating group) is 1. The Hall–Kier alpha value is -1.33. The molecule has 1 aromatic heterocycles. The van der Waals surface area contributed by atoms with Crippen molar-refractivity contribution in [3.8, 4) is 0 Å². The fraction of sp³-hybridized carbons (Fsp3) is 0.583. The second kappa shape index (κ2) is 4.16. The first-order valence-electron chi connectivity index (χ1n) is 5.90. The third kappa shape index (κ3) is 1.85. The molecule has 0 bridgehead atoms. The highest BCUT2D eigenvalue weighted by molar-refractivity contribution is 5.91. The molecule has 2 atom stereocenters. The van der Waals surface area contributed by atoms with E-state index in [1.165, 1.54) is 6.26 Å². The highest BCUT2D eigenvalue weighted by atomic mass is 16.5. The molecule has 0 saturated carbocycles. The molecule has 2 aliphatic heterocycles. The van der Waals surface area contributed by atoms with Crippen molar-refractivity contribution in [2.75, 3.05) is 33.3 Å². The first-order chi connectivity index (χ1) is 8.25. The van der Waals surface area contributed by atoms with Crippen LogP contribution in [0.2, 0.25) is 0 Å². The number of likely N-dealkylation sites (tertiary alicyclic amines) is 1. The number of morpholine rings is 1. The predicted molar refractivity (Wildman–Crippen MR) is 60.8 cm³/mol. The molecule has 0 spiro atoms. The van der Waals surface area contributed by atoms with E-state index in [9.17, 15) is 4.79 Å². The Kier molecular flexibility index (Phi) is 2.64. The Labute approximate surface area is 99.9 Å². The Morgan fingerprint density at radius 1 is 1.47 bits per heavy atom. The van der Waals surface area contributed by atoms with Gasteiger partial charge in [0.1, 0.15) is 0 Å². The summed E-state index contributed by atoms with van der Waals surface area (Å²) in [6.07, 6.45) is 1.67.